The van der Waals surface area contributed by atoms with Crippen LogP contribution in [0, 0.1) is 19.8 Å². The van der Waals surface area contributed by atoms with E-state index in [-0.39, 0.29) is 0 Å². The van der Waals surface area contributed by atoms with Crippen LogP contribution in [0.2, 0.25) is 0 Å². The molecule has 0 aliphatic carbocycles. The Labute approximate surface area is 163 Å². The molecule has 1 aliphatic heterocycles. The first kappa shape index (κ1) is 22.4. The van der Waals surface area contributed by atoms with Gasteiger partial charge >= 0.3 is 11.9 Å². The van der Waals surface area contributed by atoms with Gasteiger partial charge in [0.2, 0.25) is 0 Å². The lowest BCUT2D eigenvalue weighted by Crippen LogP contribution is -2.35. The molecule has 1 saturated heterocycles. The minimum absolute atomic E-state index is 0.799. The van der Waals surface area contributed by atoms with E-state index in [4.69, 9.17) is 24.5 Å². The molecular formula is C19H28BrNO5. The molecule has 0 spiro atoms. The quantitative estimate of drug-likeness (QED) is 0.547. The number of rotatable bonds is 5. The molecule has 1 heterocycles. The number of carboxylic acid groups (broad SMARTS) is 2. The molecule has 1 fully saturated rings. The molecule has 0 bridgehead atoms. The molecule has 6 nitrogen and oxygen atoms in total. The fourth-order valence-electron chi connectivity index (χ4n) is 3.04. The van der Waals surface area contributed by atoms with Crippen LogP contribution in [-0.4, -0.2) is 53.3 Å². The van der Waals surface area contributed by atoms with E-state index in [1.54, 1.807) is 0 Å². The molecule has 1 aliphatic rings. The van der Waals surface area contributed by atoms with Crippen molar-refractivity contribution in [2.24, 2.45) is 5.92 Å². The lowest BCUT2D eigenvalue weighted by Gasteiger charge is -2.30. The number of carbonyl (C=O) groups is 2. The molecule has 2 rings (SSSR count). The Kier molecular flexibility index (Phi) is 9.65. The lowest BCUT2D eigenvalue weighted by molar-refractivity contribution is -0.159. The Bertz CT molecular complexity index is 585. The van der Waals surface area contributed by atoms with Gasteiger partial charge in [-0.1, -0.05) is 13.0 Å². The van der Waals surface area contributed by atoms with Crippen LogP contribution < -0.4 is 4.74 Å². The maximum absolute atomic E-state index is 9.10. The van der Waals surface area contributed by atoms with Crippen LogP contribution in [0.4, 0.5) is 0 Å². The number of nitrogens with zero attached hydrogens (tertiary/aromatic N) is 1. The number of hydrogen-bond acceptors (Lipinski definition) is 4. The highest BCUT2D eigenvalue weighted by atomic mass is 79.9. The molecule has 1 unspecified atom stereocenters. The van der Waals surface area contributed by atoms with Gasteiger partial charge in [0, 0.05) is 13.1 Å². The average molecular weight is 430 g/mol. The number of halogens is 1. The Morgan fingerprint density at radius 2 is 1.92 bits per heavy atom. The molecule has 0 radical (unpaired) electrons. The van der Waals surface area contributed by atoms with Crippen LogP contribution in [0.1, 0.15) is 37.3 Å². The molecule has 2 N–H and O–H groups in total. The maximum atomic E-state index is 9.10. The number of carboxylic acids is 2. The van der Waals surface area contributed by atoms with Crippen molar-refractivity contribution >= 4 is 27.9 Å². The monoisotopic (exact) mass is 429 g/mol. The van der Waals surface area contributed by atoms with Crippen LogP contribution in [0.5, 0.6) is 5.75 Å². The molecule has 7 heteroatoms. The van der Waals surface area contributed by atoms with Gasteiger partial charge in [-0.05, 0) is 78.7 Å². The molecule has 0 amide bonds. The molecule has 146 valence electrons. The van der Waals surface area contributed by atoms with Gasteiger partial charge in [-0.3, -0.25) is 0 Å². The topological polar surface area (TPSA) is 87.1 Å². The highest BCUT2D eigenvalue weighted by molar-refractivity contribution is 9.10. The molecular weight excluding hydrogens is 402 g/mol. The number of aliphatic carboxylic acids is 2. The van der Waals surface area contributed by atoms with Crippen LogP contribution in [0.25, 0.3) is 0 Å². The van der Waals surface area contributed by atoms with Crippen molar-refractivity contribution in [2.75, 3.05) is 26.2 Å². The Hall–Kier alpha value is -1.60. The minimum atomic E-state index is -1.82. The standard InChI is InChI=1S/C17H26BrNO.C2H2O4/c1-13-6-4-7-19(12-13)8-5-9-20-17-15(3)10-14(2)11-16(17)18;3-1(4)2(5)6/h10-11,13H,4-9,12H2,1-3H3;(H,3,4)(H,5,6). The van der Waals surface area contributed by atoms with Crippen LogP contribution in [0.3, 0.4) is 0 Å². The second-order valence-electron chi connectivity index (χ2n) is 6.75. The van der Waals surface area contributed by atoms with Gasteiger partial charge in [0.25, 0.3) is 0 Å². The van der Waals surface area contributed by atoms with Gasteiger partial charge in [-0.25, -0.2) is 9.59 Å². The smallest absolute Gasteiger partial charge is 0.414 e. The second-order valence-corrected chi connectivity index (χ2v) is 7.61. The average Bonchev–Trinajstić information content (AvgIpc) is 2.53. The summed E-state index contributed by atoms with van der Waals surface area (Å²) >= 11 is 3.60. The van der Waals surface area contributed by atoms with Crippen molar-refractivity contribution in [1.82, 2.24) is 4.90 Å². The van der Waals surface area contributed by atoms with E-state index in [1.807, 2.05) is 0 Å². The number of likely N-dealkylation sites (tertiary alicyclic amines) is 1. The van der Waals surface area contributed by atoms with Crippen molar-refractivity contribution in [3.63, 3.8) is 0 Å². The van der Waals surface area contributed by atoms with Crippen molar-refractivity contribution in [2.45, 2.75) is 40.0 Å². The van der Waals surface area contributed by atoms with Gasteiger partial charge in [0.05, 0.1) is 11.1 Å². The predicted molar refractivity (Wildman–Crippen MR) is 104 cm³/mol. The summed E-state index contributed by atoms with van der Waals surface area (Å²) in [5.41, 5.74) is 2.48. The zero-order valence-corrected chi connectivity index (χ0v) is 17.2. The zero-order chi connectivity index (χ0) is 19.7. The Balaban J connectivity index is 0.000000487. The fourth-order valence-corrected chi connectivity index (χ4v) is 3.83. The molecule has 0 aromatic heterocycles. The van der Waals surface area contributed by atoms with Crippen LogP contribution in [0.15, 0.2) is 16.6 Å². The van der Waals surface area contributed by atoms with Crippen molar-refractivity contribution in [3.8, 4) is 5.75 Å². The second kappa shape index (κ2) is 11.2. The SMILES string of the molecule is Cc1cc(C)c(OCCCN2CCCC(C)C2)c(Br)c1.O=C(O)C(=O)O. The van der Waals surface area contributed by atoms with Gasteiger partial charge in [0.15, 0.2) is 0 Å². The zero-order valence-electron chi connectivity index (χ0n) is 15.6. The molecule has 1 aromatic rings. The highest BCUT2D eigenvalue weighted by Gasteiger charge is 2.15. The maximum Gasteiger partial charge on any atom is 0.414 e. The summed E-state index contributed by atoms with van der Waals surface area (Å²) in [7, 11) is 0. The highest BCUT2D eigenvalue weighted by Crippen LogP contribution is 2.30. The van der Waals surface area contributed by atoms with Crippen LogP contribution in [-0.2, 0) is 9.59 Å². The molecule has 26 heavy (non-hydrogen) atoms. The largest absolute Gasteiger partial charge is 0.492 e. The van der Waals surface area contributed by atoms with Crippen molar-refractivity contribution < 1.29 is 24.5 Å². The van der Waals surface area contributed by atoms with E-state index in [2.05, 4.69) is 53.7 Å². The van der Waals surface area contributed by atoms with E-state index in [0.717, 1.165) is 35.7 Å². The van der Waals surface area contributed by atoms with E-state index in [1.165, 1.54) is 37.1 Å². The number of benzene rings is 1. The Morgan fingerprint density at radius 3 is 2.46 bits per heavy atom. The first-order valence-corrected chi connectivity index (χ1v) is 9.58. The summed E-state index contributed by atoms with van der Waals surface area (Å²) < 4.78 is 7.04. The summed E-state index contributed by atoms with van der Waals surface area (Å²) in [6.45, 7) is 11.1. The van der Waals surface area contributed by atoms with Gasteiger partial charge in [-0.2, -0.15) is 0 Å². The van der Waals surface area contributed by atoms with E-state index in [0.29, 0.717) is 0 Å². The van der Waals surface area contributed by atoms with Crippen molar-refractivity contribution in [3.05, 3.63) is 27.7 Å². The summed E-state index contributed by atoms with van der Waals surface area (Å²) in [6.07, 6.45) is 3.85. The first-order chi connectivity index (χ1) is 12.2. The van der Waals surface area contributed by atoms with Gasteiger partial charge in [-0.15, -0.1) is 0 Å². The molecule has 0 saturated carbocycles. The van der Waals surface area contributed by atoms with E-state index < -0.39 is 11.9 Å². The molecule has 1 aromatic carbocycles. The van der Waals surface area contributed by atoms with Crippen LogP contribution >= 0.6 is 15.9 Å². The Morgan fingerprint density at radius 1 is 1.27 bits per heavy atom. The third-order valence-electron chi connectivity index (χ3n) is 4.16. The summed E-state index contributed by atoms with van der Waals surface area (Å²) in [4.78, 5) is 20.8. The molecule has 1 atom stereocenters. The minimum Gasteiger partial charge on any atom is -0.492 e. The van der Waals surface area contributed by atoms with E-state index in [9.17, 15) is 0 Å². The third kappa shape index (κ3) is 8.19. The summed E-state index contributed by atoms with van der Waals surface area (Å²) in [5, 5.41) is 14.8. The third-order valence-corrected chi connectivity index (χ3v) is 4.75. The van der Waals surface area contributed by atoms with E-state index >= 15 is 0 Å². The summed E-state index contributed by atoms with van der Waals surface area (Å²) in [6, 6.07) is 4.29. The first-order valence-electron chi connectivity index (χ1n) is 8.78. The number of piperidine rings is 1. The predicted octanol–water partition coefficient (Wildman–Crippen LogP) is 3.72. The van der Waals surface area contributed by atoms with Gasteiger partial charge in [0.1, 0.15) is 5.75 Å². The fraction of sp³-hybridized carbons (Fsp3) is 0.579. The number of hydrogen-bond donors (Lipinski definition) is 2. The number of aryl methyl sites for hydroxylation is 2. The lowest BCUT2D eigenvalue weighted by atomic mass is 10.0. The van der Waals surface area contributed by atoms with Gasteiger partial charge < -0.3 is 19.8 Å². The summed E-state index contributed by atoms with van der Waals surface area (Å²) in [5.74, 6) is -1.79. The normalized spacial score (nSPS) is 17.2. The number of ether oxygens (including phenoxy) is 1. The van der Waals surface area contributed by atoms with Crippen molar-refractivity contribution in [1.29, 1.82) is 0 Å².